The molecule has 0 spiro atoms. The Balaban J connectivity index is 3.75. The second-order valence-corrected chi connectivity index (χ2v) is 6.93. The monoisotopic (exact) mass is 358 g/mol. The number of carbonyl (C=O) groups is 2. The first kappa shape index (κ1) is 24.1. The van der Waals surface area contributed by atoms with Crippen molar-refractivity contribution in [3.05, 3.63) is 0 Å². The van der Waals surface area contributed by atoms with Crippen molar-refractivity contribution < 1.29 is 24.5 Å². The molecule has 0 aromatic carbocycles. The van der Waals surface area contributed by atoms with Crippen LogP contribution in [-0.4, -0.2) is 34.4 Å². The van der Waals surface area contributed by atoms with Crippen molar-refractivity contribution in [1.29, 1.82) is 0 Å². The van der Waals surface area contributed by atoms with Crippen LogP contribution in [0.5, 0.6) is 0 Å². The number of esters is 2. The van der Waals surface area contributed by atoms with Crippen molar-refractivity contribution in [3.63, 3.8) is 0 Å². The molecular formula is C20H38O5. The molecule has 2 atom stereocenters. The van der Waals surface area contributed by atoms with Crippen LogP contribution in [0.3, 0.4) is 0 Å². The van der Waals surface area contributed by atoms with Gasteiger partial charge in [0, 0.05) is 0 Å². The number of carbonyl (C=O) groups excluding carboxylic acids is 2. The molecule has 0 saturated carbocycles. The first-order valence-electron chi connectivity index (χ1n) is 10.1. The number of hydrogen-bond donors (Lipinski definition) is 2. The lowest BCUT2D eigenvalue weighted by atomic mass is 10.1. The molecular weight excluding hydrogens is 320 g/mol. The fourth-order valence-corrected chi connectivity index (χ4v) is 2.74. The van der Waals surface area contributed by atoms with Crippen LogP contribution in [0.2, 0.25) is 0 Å². The Hall–Kier alpha value is -0.940. The molecule has 0 aromatic heterocycles. The van der Waals surface area contributed by atoms with Crippen LogP contribution in [0.15, 0.2) is 0 Å². The first-order valence-corrected chi connectivity index (χ1v) is 10.1. The molecule has 2 N–H and O–H groups in total. The molecule has 0 saturated heterocycles. The van der Waals surface area contributed by atoms with Crippen molar-refractivity contribution in [2.75, 3.05) is 0 Å². The molecule has 2 unspecified atom stereocenters. The predicted octanol–water partition coefficient (Wildman–Crippen LogP) is 4.28. The zero-order valence-corrected chi connectivity index (χ0v) is 16.2. The summed E-state index contributed by atoms with van der Waals surface area (Å²) in [5.74, 6) is -1.65. The minimum atomic E-state index is -1.25. The summed E-state index contributed by atoms with van der Waals surface area (Å²) >= 11 is 0. The Bertz CT molecular complexity index is 343. The van der Waals surface area contributed by atoms with E-state index in [0.29, 0.717) is 12.8 Å². The third kappa shape index (κ3) is 15.1. The van der Waals surface area contributed by atoms with Crippen LogP contribution in [0, 0.1) is 0 Å². The lowest BCUT2D eigenvalue weighted by Gasteiger charge is -2.12. The quantitative estimate of drug-likeness (QED) is 0.244. The van der Waals surface area contributed by atoms with Gasteiger partial charge in [-0.25, -0.2) is 4.79 Å². The molecule has 0 heterocycles. The molecule has 25 heavy (non-hydrogen) atoms. The molecule has 0 bridgehead atoms. The van der Waals surface area contributed by atoms with Gasteiger partial charge >= 0.3 is 11.9 Å². The van der Waals surface area contributed by atoms with Crippen LogP contribution in [-0.2, 0) is 14.3 Å². The van der Waals surface area contributed by atoms with Gasteiger partial charge in [-0.2, -0.15) is 0 Å². The highest BCUT2D eigenvalue weighted by Gasteiger charge is 2.21. The first-order chi connectivity index (χ1) is 12.0. The molecule has 0 aliphatic heterocycles. The molecule has 5 nitrogen and oxygen atoms in total. The van der Waals surface area contributed by atoms with Gasteiger partial charge in [0.2, 0.25) is 0 Å². The Labute approximate surface area is 153 Å². The Morgan fingerprint density at radius 3 is 1.80 bits per heavy atom. The summed E-state index contributed by atoms with van der Waals surface area (Å²) in [5.41, 5.74) is 0. The summed E-state index contributed by atoms with van der Waals surface area (Å²) < 4.78 is 4.64. The van der Waals surface area contributed by atoms with Crippen LogP contribution < -0.4 is 0 Å². The second kappa shape index (κ2) is 16.5. The summed E-state index contributed by atoms with van der Waals surface area (Å²) in [5, 5.41) is 19.5. The number of hydrogen-bond acceptors (Lipinski definition) is 5. The van der Waals surface area contributed by atoms with Gasteiger partial charge in [-0.1, -0.05) is 84.5 Å². The average molecular weight is 359 g/mol. The highest BCUT2D eigenvalue weighted by Crippen LogP contribution is 2.12. The van der Waals surface area contributed by atoms with Gasteiger partial charge in [0.25, 0.3) is 0 Å². The average Bonchev–Trinajstić information content (AvgIpc) is 2.57. The molecule has 0 aromatic rings. The molecule has 0 aliphatic rings. The van der Waals surface area contributed by atoms with Gasteiger partial charge in [-0.05, 0) is 12.8 Å². The third-order valence-corrected chi connectivity index (χ3v) is 4.36. The van der Waals surface area contributed by atoms with Gasteiger partial charge < -0.3 is 14.9 Å². The molecule has 0 fully saturated rings. The summed E-state index contributed by atoms with van der Waals surface area (Å²) in [7, 11) is 0. The maximum atomic E-state index is 11.7. The van der Waals surface area contributed by atoms with Gasteiger partial charge in [0.15, 0.2) is 6.10 Å². The number of rotatable bonds is 16. The van der Waals surface area contributed by atoms with Gasteiger partial charge in [-0.3, -0.25) is 4.79 Å². The zero-order chi connectivity index (χ0) is 18.9. The van der Waals surface area contributed by atoms with Crippen molar-refractivity contribution in [3.8, 4) is 0 Å². The Kier molecular flexibility index (Phi) is 15.9. The minimum Gasteiger partial charge on any atom is -0.393 e. The number of aliphatic hydroxyl groups excluding tert-OH is 2. The molecule has 148 valence electrons. The normalized spacial score (nSPS) is 13.4. The summed E-state index contributed by atoms with van der Waals surface area (Å²) in [6.45, 7) is 4.29. The van der Waals surface area contributed by atoms with E-state index in [-0.39, 0.29) is 6.42 Å². The SMILES string of the molecule is CCCCCCCCC(O)C(=O)OC(=O)CC(O)CCCCCCC. The fourth-order valence-electron chi connectivity index (χ4n) is 2.74. The third-order valence-electron chi connectivity index (χ3n) is 4.36. The van der Waals surface area contributed by atoms with Crippen LogP contribution in [0.4, 0.5) is 0 Å². The largest absolute Gasteiger partial charge is 0.393 e. The lowest BCUT2D eigenvalue weighted by Crippen LogP contribution is -2.27. The van der Waals surface area contributed by atoms with E-state index in [0.717, 1.165) is 44.9 Å². The Morgan fingerprint density at radius 2 is 1.24 bits per heavy atom. The maximum Gasteiger partial charge on any atom is 0.342 e. The highest BCUT2D eigenvalue weighted by atomic mass is 16.6. The van der Waals surface area contributed by atoms with Gasteiger partial charge in [-0.15, -0.1) is 0 Å². The topological polar surface area (TPSA) is 83.8 Å². The zero-order valence-electron chi connectivity index (χ0n) is 16.2. The summed E-state index contributed by atoms with van der Waals surface area (Å²) in [6, 6.07) is 0. The van der Waals surface area contributed by atoms with Crippen molar-refractivity contribution in [2.24, 2.45) is 0 Å². The number of unbranched alkanes of at least 4 members (excludes halogenated alkanes) is 9. The van der Waals surface area contributed by atoms with Crippen LogP contribution >= 0.6 is 0 Å². The summed E-state index contributed by atoms with van der Waals surface area (Å²) in [4.78, 5) is 23.3. The van der Waals surface area contributed by atoms with E-state index in [2.05, 4.69) is 18.6 Å². The van der Waals surface area contributed by atoms with Crippen molar-refractivity contribution in [1.82, 2.24) is 0 Å². The maximum absolute atomic E-state index is 11.7. The number of ether oxygens (including phenoxy) is 1. The van der Waals surface area contributed by atoms with Gasteiger partial charge in [0.1, 0.15) is 0 Å². The molecule has 5 heteroatoms. The standard InChI is InChI=1S/C20H38O5/c1-3-5-7-9-11-13-15-18(22)20(24)25-19(23)16-17(21)14-12-10-8-6-4-2/h17-18,21-22H,3-16H2,1-2H3. The minimum absolute atomic E-state index is 0.191. The van der Waals surface area contributed by atoms with E-state index < -0.39 is 24.1 Å². The summed E-state index contributed by atoms with van der Waals surface area (Å²) in [6.07, 6.45) is 10.4. The second-order valence-electron chi connectivity index (χ2n) is 6.93. The molecule has 0 radical (unpaired) electrons. The number of aliphatic hydroxyl groups is 2. The smallest absolute Gasteiger partial charge is 0.342 e. The van der Waals surface area contributed by atoms with E-state index >= 15 is 0 Å². The predicted molar refractivity (Wildman–Crippen MR) is 99.1 cm³/mol. The lowest BCUT2D eigenvalue weighted by molar-refractivity contribution is -0.167. The van der Waals surface area contributed by atoms with Crippen LogP contribution in [0.1, 0.15) is 104 Å². The van der Waals surface area contributed by atoms with Crippen molar-refractivity contribution >= 4 is 11.9 Å². The highest BCUT2D eigenvalue weighted by molar-refractivity contribution is 5.87. The van der Waals surface area contributed by atoms with Crippen molar-refractivity contribution in [2.45, 2.75) is 116 Å². The van der Waals surface area contributed by atoms with Gasteiger partial charge in [0.05, 0.1) is 12.5 Å². The molecule has 0 amide bonds. The van der Waals surface area contributed by atoms with Crippen LogP contribution in [0.25, 0.3) is 0 Å². The van der Waals surface area contributed by atoms with E-state index in [4.69, 9.17) is 0 Å². The van der Waals surface area contributed by atoms with E-state index in [1.165, 1.54) is 25.7 Å². The molecule has 0 aliphatic carbocycles. The fraction of sp³-hybridized carbons (Fsp3) is 0.900. The van der Waals surface area contributed by atoms with E-state index in [1.807, 2.05) is 0 Å². The Morgan fingerprint density at radius 1 is 0.760 bits per heavy atom. The van der Waals surface area contributed by atoms with E-state index in [9.17, 15) is 19.8 Å². The van der Waals surface area contributed by atoms with E-state index in [1.54, 1.807) is 0 Å². The molecule has 0 rings (SSSR count).